The zero-order valence-electron chi connectivity index (χ0n) is 21.3. The quantitative estimate of drug-likeness (QED) is 0.202. The van der Waals surface area contributed by atoms with E-state index in [9.17, 15) is 40.2 Å². The molecule has 5 rings (SSSR count). The number of alkyl halides is 2. The topological polar surface area (TPSA) is 42.4 Å². The molecule has 0 fully saturated rings. The van der Waals surface area contributed by atoms with Crippen molar-refractivity contribution < 1.29 is 45.0 Å². The Morgan fingerprint density at radius 1 is 0.619 bits per heavy atom. The minimum atomic E-state index is -4.55. The molecular weight excluding hydrogens is 570 g/mol. The molecule has 0 aliphatic carbocycles. The standard InChI is InChI=1S/C31H17F8NO2/c1-15-2-7-28(40-14-15)18-11-24(34)29(25(35)12-18)31(38,39)42-19-4-6-20(23(33)13-19)16-3-5-21(22(32)8-16)17-9-26(36)30(41)27(37)10-17/h2-14,41H,1H3. The summed E-state index contributed by atoms with van der Waals surface area (Å²) in [5, 5.41) is 9.23. The Hall–Kier alpha value is -4.93. The first-order chi connectivity index (χ1) is 19.8. The highest BCUT2D eigenvalue weighted by atomic mass is 19.3. The molecule has 0 spiro atoms. The van der Waals surface area contributed by atoms with E-state index < -0.39 is 58.1 Å². The smallest absolute Gasteiger partial charge is 0.432 e. The average Bonchev–Trinajstić information content (AvgIpc) is 2.91. The summed E-state index contributed by atoms with van der Waals surface area (Å²) >= 11 is 0. The molecular formula is C31H17F8NO2. The van der Waals surface area contributed by atoms with Gasteiger partial charge in [0.25, 0.3) is 0 Å². The highest BCUT2D eigenvalue weighted by Crippen LogP contribution is 2.38. The third kappa shape index (κ3) is 5.50. The third-order valence-corrected chi connectivity index (χ3v) is 6.33. The summed E-state index contributed by atoms with van der Waals surface area (Å²) in [5.41, 5.74) is -1.67. The van der Waals surface area contributed by atoms with Crippen LogP contribution >= 0.6 is 0 Å². The maximum Gasteiger partial charge on any atom is 0.432 e. The molecule has 0 aliphatic heterocycles. The van der Waals surface area contributed by atoms with Crippen molar-refractivity contribution in [2.75, 3.05) is 0 Å². The van der Waals surface area contributed by atoms with Crippen molar-refractivity contribution in [2.45, 2.75) is 13.0 Å². The van der Waals surface area contributed by atoms with Crippen LogP contribution in [-0.4, -0.2) is 10.1 Å². The van der Waals surface area contributed by atoms with E-state index >= 15 is 0 Å². The molecule has 0 bridgehead atoms. The molecule has 0 saturated carbocycles. The van der Waals surface area contributed by atoms with E-state index in [1.54, 1.807) is 13.0 Å². The first-order valence-corrected chi connectivity index (χ1v) is 12.1. The highest BCUT2D eigenvalue weighted by molar-refractivity contribution is 5.72. The van der Waals surface area contributed by atoms with Gasteiger partial charge in [0.2, 0.25) is 0 Å². The lowest BCUT2D eigenvalue weighted by atomic mass is 9.99. The predicted molar refractivity (Wildman–Crippen MR) is 138 cm³/mol. The van der Waals surface area contributed by atoms with Gasteiger partial charge >= 0.3 is 6.11 Å². The van der Waals surface area contributed by atoms with Gasteiger partial charge in [0.1, 0.15) is 34.6 Å². The molecule has 4 aromatic carbocycles. The van der Waals surface area contributed by atoms with Crippen LogP contribution in [0.15, 0.2) is 79.0 Å². The third-order valence-electron chi connectivity index (χ3n) is 6.33. The minimum absolute atomic E-state index is 0.0656. The fourth-order valence-corrected chi connectivity index (χ4v) is 4.27. The second-order valence-electron chi connectivity index (χ2n) is 9.28. The van der Waals surface area contributed by atoms with Gasteiger partial charge in [-0.1, -0.05) is 18.2 Å². The Morgan fingerprint density at radius 3 is 1.74 bits per heavy atom. The van der Waals surface area contributed by atoms with Gasteiger partial charge in [-0.2, -0.15) is 8.78 Å². The van der Waals surface area contributed by atoms with E-state index in [0.717, 1.165) is 29.8 Å². The molecule has 3 nitrogen and oxygen atoms in total. The van der Waals surface area contributed by atoms with Crippen molar-refractivity contribution in [3.05, 3.63) is 125 Å². The molecule has 0 saturated heterocycles. The van der Waals surface area contributed by atoms with Gasteiger partial charge in [0.15, 0.2) is 17.4 Å². The molecule has 0 radical (unpaired) electrons. The Balaban J connectivity index is 1.40. The summed E-state index contributed by atoms with van der Waals surface area (Å²) in [4.78, 5) is 4.01. The lowest BCUT2D eigenvalue weighted by molar-refractivity contribution is -0.189. The van der Waals surface area contributed by atoms with E-state index in [0.29, 0.717) is 30.3 Å². The van der Waals surface area contributed by atoms with Crippen LogP contribution in [-0.2, 0) is 6.11 Å². The lowest BCUT2D eigenvalue weighted by Crippen LogP contribution is -2.25. The van der Waals surface area contributed by atoms with Crippen LogP contribution in [0.4, 0.5) is 35.1 Å². The first-order valence-electron chi connectivity index (χ1n) is 12.1. The zero-order valence-corrected chi connectivity index (χ0v) is 21.3. The van der Waals surface area contributed by atoms with Crippen LogP contribution in [0.5, 0.6) is 11.5 Å². The van der Waals surface area contributed by atoms with E-state index in [1.165, 1.54) is 18.3 Å². The molecule has 1 heterocycles. The van der Waals surface area contributed by atoms with Crippen LogP contribution in [0.1, 0.15) is 11.1 Å². The Bertz CT molecular complexity index is 1780. The summed E-state index contributed by atoms with van der Waals surface area (Å²) in [6.45, 7) is 1.74. The summed E-state index contributed by atoms with van der Waals surface area (Å²) in [6, 6.07) is 11.4. The maximum absolute atomic E-state index is 14.9. The van der Waals surface area contributed by atoms with Gasteiger partial charge in [0, 0.05) is 29.0 Å². The Kier molecular flexibility index (Phi) is 7.36. The van der Waals surface area contributed by atoms with Crippen LogP contribution < -0.4 is 4.74 Å². The number of phenols is 1. The Labute approximate surface area is 233 Å². The second-order valence-corrected chi connectivity index (χ2v) is 9.28. The van der Waals surface area contributed by atoms with Crippen LogP contribution in [0, 0.1) is 41.8 Å². The minimum Gasteiger partial charge on any atom is -0.503 e. The number of nitrogens with zero attached hydrogens (tertiary/aromatic N) is 1. The molecule has 1 aromatic heterocycles. The normalized spacial score (nSPS) is 11.5. The van der Waals surface area contributed by atoms with Crippen molar-refractivity contribution >= 4 is 0 Å². The number of aromatic nitrogens is 1. The van der Waals surface area contributed by atoms with Crippen LogP contribution in [0.3, 0.4) is 0 Å². The second kappa shape index (κ2) is 10.8. The van der Waals surface area contributed by atoms with E-state index in [1.807, 2.05) is 0 Å². The summed E-state index contributed by atoms with van der Waals surface area (Å²) in [6.07, 6.45) is -3.11. The van der Waals surface area contributed by atoms with Crippen molar-refractivity contribution in [3.63, 3.8) is 0 Å². The number of aryl methyl sites for hydroxylation is 1. The molecule has 0 atom stereocenters. The number of pyridine rings is 1. The van der Waals surface area contributed by atoms with Gasteiger partial charge in [0.05, 0.1) is 5.69 Å². The number of halogens is 8. The number of rotatable bonds is 6. The number of aromatic hydroxyl groups is 1. The zero-order chi connectivity index (χ0) is 30.3. The fraction of sp³-hybridized carbons (Fsp3) is 0.0645. The van der Waals surface area contributed by atoms with E-state index in [2.05, 4.69) is 9.72 Å². The SMILES string of the molecule is Cc1ccc(-c2cc(F)c(C(F)(F)Oc3ccc(-c4ccc(-c5cc(F)c(O)c(F)c5)c(F)c4)c(F)c3)c(F)c2)nc1. The molecule has 11 heteroatoms. The van der Waals surface area contributed by atoms with Crippen molar-refractivity contribution in [3.8, 4) is 45.0 Å². The summed E-state index contributed by atoms with van der Waals surface area (Å²) < 4.78 is 121. The van der Waals surface area contributed by atoms with E-state index in [-0.39, 0.29) is 33.5 Å². The number of ether oxygens (including phenoxy) is 1. The van der Waals surface area contributed by atoms with Gasteiger partial charge in [-0.15, -0.1) is 0 Å². The van der Waals surface area contributed by atoms with Gasteiger partial charge in [-0.25, -0.2) is 26.3 Å². The molecule has 1 N–H and O–H groups in total. The van der Waals surface area contributed by atoms with Crippen molar-refractivity contribution in [1.82, 2.24) is 4.98 Å². The molecule has 0 unspecified atom stereocenters. The number of phenolic OH excluding ortho intramolecular Hbond substituents is 1. The van der Waals surface area contributed by atoms with Crippen LogP contribution in [0.25, 0.3) is 33.5 Å². The largest absolute Gasteiger partial charge is 0.503 e. The lowest BCUT2D eigenvalue weighted by Gasteiger charge is -2.20. The number of hydrogen-bond donors (Lipinski definition) is 1. The number of hydrogen-bond acceptors (Lipinski definition) is 3. The van der Waals surface area contributed by atoms with Gasteiger partial charge in [-0.05, 0) is 72.1 Å². The summed E-state index contributed by atoms with van der Waals surface area (Å²) in [7, 11) is 0. The first kappa shape index (κ1) is 28.6. The fourth-order valence-electron chi connectivity index (χ4n) is 4.27. The van der Waals surface area contributed by atoms with Gasteiger partial charge in [-0.3, -0.25) is 4.98 Å². The maximum atomic E-state index is 14.9. The monoisotopic (exact) mass is 587 g/mol. The predicted octanol–water partition coefficient (Wildman–Crippen LogP) is 9.06. The average molecular weight is 587 g/mol. The molecule has 5 aromatic rings. The molecule has 0 amide bonds. The molecule has 214 valence electrons. The molecule has 0 aliphatic rings. The summed E-state index contributed by atoms with van der Waals surface area (Å²) in [5.74, 6) is -10.0. The Morgan fingerprint density at radius 2 is 1.17 bits per heavy atom. The van der Waals surface area contributed by atoms with E-state index in [4.69, 9.17) is 0 Å². The molecule has 42 heavy (non-hydrogen) atoms. The van der Waals surface area contributed by atoms with Gasteiger partial charge < -0.3 is 9.84 Å². The number of benzene rings is 4. The highest BCUT2D eigenvalue weighted by Gasteiger charge is 2.41. The van der Waals surface area contributed by atoms with Crippen molar-refractivity contribution in [1.29, 1.82) is 0 Å². The van der Waals surface area contributed by atoms with Crippen molar-refractivity contribution in [2.24, 2.45) is 0 Å². The van der Waals surface area contributed by atoms with Crippen LogP contribution in [0.2, 0.25) is 0 Å².